The van der Waals surface area contributed by atoms with Crippen molar-refractivity contribution >= 4 is 22.8 Å². The standard InChI is InChI=1S/C20H24FN5OS/c1-11(2)17-8-20(4,26-19(22)28-17)14-7-13(5-6-15(14)21)25-18(27)16-10-23-12(3)9-24-16/h5-7,9-10,14-15H,8H2,1-4H3,(H2,22,26)(H,25,27)/t14?,15?,20-/m0/s1. The molecule has 6 nitrogen and oxygen atoms in total. The fourth-order valence-electron chi connectivity index (χ4n) is 3.24. The lowest BCUT2D eigenvalue weighted by molar-refractivity contribution is 0.0960. The Kier molecular flexibility index (Phi) is 5.69. The monoisotopic (exact) mass is 401 g/mol. The van der Waals surface area contributed by atoms with Crippen LogP contribution in [-0.2, 0) is 0 Å². The molecule has 0 bridgehead atoms. The molecule has 2 aliphatic rings. The van der Waals surface area contributed by atoms with Crippen LogP contribution in [0.1, 0.15) is 43.4 Å². The summed E-state index contributed by atoms with van der Waals surface area (Å²) in [6.07, 6.45) is 7.06. The molecule has 3 N–H and O–H groups in total. The lowest BCUT2D eigenvalue weighted by atomic mass is 9.77. The average Bonchev–Trinajstić information content (AvgIpc) is 2.63. The molecular formula is C20H24FN5OS. The molecule has 0 fully saturated rings. The second-order valence-electron chi connectivity index (χ2n) is 7.46. The first-order valence-electron chi connectivity index (χ1n) is 9.01. The average molecular weight is 402 g/mol. The molecular weight excluding hydrogens is 377 g/mol. The van der Waals surface area contributed by atoms with Crippen LogP contribution < -0.4 is 11.1 Å². The minimum Gasteiger partial charge on any atom is -0.378 e. The Morgan fingerprint density at radius 1 is 1.36 bits per heavy atom. The summed E-state index contributed by atoms with van der Waals surface area (Å²) in [6, 6.07) is 0. The third kappa shape index (κ3) is 4.32. The van der Waals surface area contributed by atoms with E-state index < -0.39 is 23.5 Å². The number of allylic oxidation sites excluding steroid dienone is 3. The summed E-state index contributed by atoms with van der Waals surface area (Å²) in [5.74, 6) is -0.942. The van der Waals surface area contributed by atoms with Gasteiger partial charge in [0.05, 0.1) is 17.4 Å². The fraction of sp³-hybridized carbons (Fsp3) is 0.400. The highest BCUT2D eigenvalue weighted by Crippen LogP contribution is 2.43. The summed E-state index contributed by atoms with van der Waals surface area (Å²) in [4.78, 5) is 26.2. The number of alkyl halides is 1. The van der Waals surface area contributed by atoms with Crippen molar-refractivity contribution in [1.82, 2.24) is 15.3 Å². The number of rotatable bonds is 3. The number of thioether (sulfide) groups is 1. The number of hydrogen-bond donors (Lipinski definition) is 2. The minimum atomic E-state index is -1.22. The van der Waals surface area contributed by atoms with Crippen molar-refractivity contribution in [2.45, 2.75) is 45.8 Å². The number of aliphatic imine (C=N–C) groups is 1. The maximum atomic E-state index is 14.8. The first kappa shape index (κ1) is 20.3. The Labute approximate surface area is 168 Å². The lowest BCUT2D eigenvalue weighted by Gasteiger charge is -2.39. The number of aromatic nitrogens is 2. The van der Waals surface area contributed by atoms with Crippen LogP contribution in [0.2, 0.25) is 0 Å². The van der Waals surface area contributed by atoms with E-state index in [1.807, 2.05) is 20.8 Å². The summed E-state index contributed by atoms with van der Waals surface area (Å²) < 4.78 is 14.8. The zero-order valence-corrected chi connectivity index (χ0v) is 17.2. The van der Waals surface area contributed by atoms with E-state index in [4.69, 9.17) is 5.73 Å². The van der Waals surface area contributed by atoms with Crippen molar-refractivity contribution in [1.29, 1.82) is 0 Å². The van der Waals surface area contributed by atoms with Crippen molar-refractivity contribution in [2.75, 3.05) is 0 Å². The Balaban J connectivity index is 1.85. The summed E-state index contributed by atoms with van der Waals surface area (Å²) in [6.45, 7) is 7.72. The van der Waals surface area contributed by atoms with Gasteiger partial charge in [0.2, 0.25) is 0 Å². The third-order valence-corrected chi connectivity index (χ3v) is 5.92. The largest absolute Gasteiger partial charge is 0.378 e. The van der Waals surface area contributed by atoms with Gasteiger partial charge >= 0.3 is 0 Å². The molecule has 3 atom stereocenters. The van der Waals surface area contributed by atoms with E-state index in [2.05, 4.69) is 20.3 Å². The quantitative estimate of drug-likeness (QED) is 0.809. The molecule has 1 aliphatic carbocycles. The molecule has 1 amide bonds. The van der Waals surface area contributed by atoms with Crippen molar-refractivity contribution in [3.05, 3.63) is 58.2 Å². The Morgan fingerprint density at radius 2 is 2.11 bits per heavy atom. The molecule has 0 saturated heterocycles. The highest BCUT2D eigenvalue weighted by Gasteiger charge is 2.42. The maximum absolute atomic E-state index is 14.8. The third-order valence-electron chi connectivity index (χ3n) is 4.82. The SMILES string of the molecule is CC(C)=C1C[C@@](C)(C2C=C(NC(=O)c3cnc(C)cn3)C=CC2F)N=C(N)S1. The van der Waals surface area contributed by atoms with E-state index in [0.717, 1.165) is 16.2 Å². The number of amidine groups is 1. The van der Waals surface area contributed by atoms with Gasteiger partial charge in [-0.1, -0.05) is 23.4 Å². The van der Waals surface area contributed by atoms with Crippen LogP contribution in [0, 0.1) is 12.8 Å². The Morgan fingerprint density at radius 3 is 2.75 bits per heavy atom. The summed E-state index contributed by atoms with van der Waals surface area (Å²) in [5.41, 5.74) is 7.88. The molecule has 0 radical (unpaired) electrons. The van der Waals surface area contributed by atoms with E-state index in [-0.39, 0.29) is 5.69 Å². The van der Waals surface area contributed by atoms with Gasteiger partial charge in [-0.2, -0.15) is 0 Å². The van der Waals surface area contributed by atoms with E-state index in [0.29, 0.717) is 17.3 Å². The molecule has 3 rings (SSSR count). The summed E-state index contributed by atoms with van der Waals surface area (Å²) in [5, 5.41) is 3.21. The van der Waals surface area contributed by atoms with E-state index >= 15 is 0 Å². The number of nitrogens with zero attached hydrogens (tertiary/aromatic N) is 3. The van der Waals surface area contributed by atoms with Crippen LogP contribution in [0.25, 0.3) is 0 Å². The van der Waals surface area contributed by atoms with Gasteiger partial charge in [-0.3, -0.25) is 14.8 Å². The first-order chi connectivity index (χ1) is 13.2. The number of hydrogen-bond acceptors (Lipinski definition) is 6. The normalized spacial score (nSPS) is 27.1. The van der Waals surface area contributed by atoms with Gasteiger partial charge in [-0.15, -0.1) is 0 Å². The van der Waals surface area contributed by atoms with Crippen LogP contribution in [0.3, 0.4) is 0 Å². The number of carbonyl (C=O) groups excluding carboxylic acids is 1. The molecule has 148 valence electrons. The predicted octanol–water partition coefficient (Wildman–Crippen LogP) is 3.43. The molecule has 28 heavy (non-hydrogen) atoms. The van der Waals surface area contributed by atoms with E-state index in [9.17, 15) is 9.18 Å². The molecule has 0 aromatic carbocycles. The number of amides is 1. The summed E-state index contributed by atoms with van der Waals surface area (Å²) >= 11 is 1.43. The molecule has 0 spiro atoms. The van der Waals surface area contributed by atoms with Gasteiger partial charge in [0.15, 0.2) is 5.17 Å². The zero-order chi connectivity index (χ0) is 20.5. The van der Waals surface area contributed by atoms with Crippen LogP contribution in [0.4, 0.5) is 4.39 Å². The molecule has 2 unspecified atom stereocenters. The second-order valence-corrected chi connectivity index (χ2v) is 8.57. The predicted molar refractivity (Wildman–Crippen MR) is 110 cm³/mol. The fourth-order valence-corrected chi connectivity index (χ4v) is 4.31. The topological polar surface area (TPSA) is 93.3 Å². The van der Waals surface area contributed by atoms with Gasteiger partial charge in [0, 0.05) is 24.2 Å². The molecule has 8 heteroatoms. The summed E-state index contributed by atoms with van der Waals surface area (Å²) in [7, 11) is 0. The number of halogens is 1. The molecule has 2 heterocycles. The highest BCUT2D eigenvalue weighted by molar-refractivity contribution is 8.17. The van der Waals surface area contributed by atoms with Crippen LogP contribution in [-0.4, -0.2) is 32.8 Å². The van der Waals surface area contributed by atoms with Crippen molar-refractivity contribution in [2.24, 2.45) is 16.6 Å². The van der Waals surface area contributed by atoms with Gasteiger partial charge in [0.25, 0.3) is 5.91 Å². The molecule has 1 aliphatic heterocycles. The number of aryl methyl sites for hydroxylation is 1. The Hall–Kier alpha value is -2.48. The van der Waals surface area contributed by atoms with Crippen LogP contribution in [0.15, 0.2) is 51.8 Å². The lowest BCUT2D eigenvalue weighted by Crippen LogP contribution is -2.42. The molecule has 0 saturated carbocycles. The van der Waals surface area contributed by atoms with Crippen LogP contribution >= 0.6 is 11.8 Å². The van der Waals surface area contributed by atoms with Crippen molar-refractivity contribution in [3.63, 3.8) is 0 Å². The van der Waals surface area contributed by atoms with E-state index in [1.165, 1.54) is 30.2 Å². The number of nitrogens with two attached hydrogens (primary N) is 1. The Bertz CT molecular complexity index is 902. The number of carbonyl (C=O) groups is 1. The van der Waals surface area contributed by atoms with E-state index in [1.54, 1.807) is 19.1 Å². The highest BCUT2D eigenvalue weighted by atomic mass is 32.2. The maximum Gasteiger partial charge on any atom is 0.275 e. The van der Waals surface area contributed by atoms with Gasteiger partial charge in [0.1, 0.15) is 11.9 Å². The van der Waals surface area contributed by atoms with Crippen molar-refractivity contribution in [3.8, 4) is 0 Å². The zero-order valence-electron chi connectivity index (χ0n) is 16.4. The first-order valence-corrected chi connectivity index (χ1v) is 9.83. The second kappa shape index (κ2) is 7.87. The molecule has 1 aromatic rings. The van der Waals surface area contributed by atoms with Gasteiger partial charge < -0.3 is 11.1 Å². The number of nitrogens with one attached hydrogen (secondary N) is 1. The van der Waals surface area contributed by atoms with Gasteiger partial charge in [-0.05, 0) is 44.8 Å². The van der Waals surface area contributed by atoms with Gasteiger partial charge in [-0.25, -0.2) is 9.37 Å². The molecule has 1 aromatic heterocycles. The van der Waals surface area contributed by atoms with Crippen LogP contribution in [0.5, 0.6) is 0 Å². The smallest absolute Gasteiger partial charge is 0.275 e. The minimum absolute atomic E-state index is 0.202. The van der Waals surface area contributed by atoms with Crippen molar-refractivity contribution < 1.29 is 9.18 Å².